The maximum Gasteiger partial charge on any atom is 0.500 e. The summed E-state index contributed by atoms with van der Waals surface area (Å²) in [6.07, 6.45) is -1.07. The third kappa shape index (κ3) is 9.38. The molecule has 13 heteroatoms. The number of carboxylic acids is 1. The summed E-state index contributed by atoms with van der Waals surface area (Å²) < 4.78 is 11.0. The summed E-state index contributed by atoms with van der Waals surface area (Å²) in [6, 6.07) is -1.12. The van der Waals surface area contributed by atoms with Gasteiger partial charge in [-0.2, -0.15) is 9.42 Å². The first-order valence-electron chi connectivity index (χ1n) is 9.90. The second-order valence-corrected chi connectivity index (χ2v) is 11.2. The van der Waals surface area contributed by atoms with E-state index in [9.17, 15) is 29.2 Å². The molecule has 5 N–H and O–H groups in total. The normalized spacial score (nSPS) is 23.8. The fourth-order valence-corrected chi connectivity index (χ4v) is 5.27. The molecule has 1 aliphatic rings. The molecule has 0 aromatic heterocycles. The summed E-state index contributed by atoms with van der Waals surface area (Å²) in [5.74, 6) is -1.87. The van der Waals surface area contributed by atoms with Gasteiger partial charge in [-0.3, -0.25) is 19.2 Å². The van der Waals surface area contributed by atoms with Gasteiger partial charge in [0.05, 0.1) is 0 Å². The Morgan fingerprint density at radius 2 is 1.84 bits per heavy atom. The smallest absolute Gasteiger partial charge is 0.480 e. The molecule has 2 amide bonds. The largest absolute Gasteiger partial charge is 0.500 e. The number of hydrogen-bond acceptors (Lipinski definition) is 9. The predicted molar refractivity (Wildman–Crippen MR) is 117 cm³/mol. The number of carbonyl (C=O) groups excluding carboxylic acids is 3. The maximum absolute atomic E-state index is 12.7. The fourth-order valence-electron chi connectivity index (χ4n) is 2.65. The molecular formula is C18H33N3O8PS+. The minimum absolute atomic E-state index is 0.0267. The maximum atomic E-state index is 12.7. The molecule has 1 heterocycles. The lowest BCUT2D eigenvalue weighted by molar-refractivity contribution is -0.142. The van der Waals surface area contributed by atoms with Crippen molar-refractivity contribution in [3.8, 4) is 0 Å². The highest BCUT2D eigenvalue weighted by Crippen LogP contribution is 2.60. The first-order chi connectivity index (χ1) is 14.3. The van der Waals surface area contributed by atoms with E-state index >= 15 is 0 Å². The van der Waals surface area contributed by atoms with E-state index in [0.29, 0.717) is 12.3 Å². The van der Waals surface area contributed by atoms with E-state index in [1.807, 2.05) is 0 Å². The molecule has 0 aliphatic carbocycles. The van der Waals surface area contributed by atoms with Crippen LogP contribution in [0.15, 0.2) is 0 Å². The molecule has 11 nitrogen and oxygen atoms in total. The van der Waals surface area contributed by atoms with Crippen LogP contribution in [0.1, 0.15) is 41.0 Å². The number of carboxylic acid groups (broad SMARTS) is 1. The number of carbonyl (C=O) groups is 4. The number of hydrogen-bond donors (Lipinski definition) is 5. The van der Waals surface area contributed by atoms with Gasteiger partial charge in [0.15, 0.2) is 11.2 Å². The highest BCUT2D eigenvalue weighted by atomic mass is 32.2. The van der Waals surface area contributed by atoms with E-state index in [1.54, 1.807) is 27.7 Å². The lowest BCUT2D eigenvalue weighted by Gasteiger charge is -2.38. The van der Waals surface area contributed by atoms with E-state index < -0.39 is 37.5 Å². The monoisotopic (exact) mass is 482 g/mol. The van der Waals surface area contributed by atoms with Gasteiger partial charge in [0.2, 0.25) is 5.91 Å². The molecule has 178 valence electrons. The topological polar surface area (TPSA) is 163 Å². The van der Waals surface area contributed by atoms with Crippen LogP contribution in [-0.2, 0) is 28.2 Å². The minimum Gasteiger partial charge on any atom is -0.480 e. The lowest BCUT2D eigenvalue weighted by atomic mass is 9.87. The van der Waals surface area contributed by atoms with Crippen molar-refractivity contribution in [2.24, 2.45) is 11.3 Å². The standard InChI is InChI=1S/C18H32N3O8PS/c1-11(2)14(17(25)26)21-30(27)28-10-18(4,5)15(29-30)16(24)20-7-6-13(23)19-8-9-31-12(3)22/h11,14-15,21,27H,6-10H2,1-5H3,(H2-,19,20,23,24,25,26)/p+1/t14-,15-,30?/m0/s1. The molecule has 0 radical (unpaired) electrons. The molecule has 0 aromatic rings. The number of amides is 2. The highest BCUT2D eigenvalue weighted by Gasteiger charge is 2.59. The third-order valence-electron chi connectivity index (χ3n) is 4.42. The molecule has 0 saturated carbocycles. The predicted octanol–water partition coefficient (Wildman–Crippen LogP) is 0.699. The highest BCUT2D eigenvalue weighted by molar-refractivity contribution is 8.13. The van der Waals surface area contributed by atoms with Crippen molar-refractivity contribution >= 4 is 42.8 Å². The first kappa shape index (κ1) is 27.7. The van der Waals surface area contributed by atoms with E-state index in [1.165, 1.54) is 6.92 Å². The van der Waals surface area contributed by atoms with E-state index in [4.69, 9.17) is 9.05 Å². The summed E-state index contributed by atoms with van der Waals surface area (Å²) >= 11 is 1.11. The molecule has 0 spiro atoms. The average Bonchev–Trinajstić information content (AvgIpc) is 2.65. The van der Waals surface area contributed by atoms with Crippen LogP contribution in [-0.4, -0.2) is 70.5 Å². The first-order valence-corrected chi connectivity index (χ1v) is 12.5. The molecule has 1 rings (SSSR count). The van der Waals surface area contributed by atoms with Gasteiger partial charge in [-0.05, 0) is 5.92 Å². The Labute approximate surface area is 187 Å². The fraction of sp³-hybridized carbons (Fsp3) is 0.778. The molecule has 1 fully saturated rings. The molecule has 1 aliphatic heterocycles. The van der Waals surface area contributed by atoms with Gasteiger partial charge in [-0.25, -0.2) is 0 Å². The van der Waals surface area contributed by atoms with Crippen LogP contribution in [0.4, 0.5) is 0 Å². The SMILES string of the molecule is CC(=O)SCCNC(=O)CCNC(=O)[C@@H]1O[P+](O)(N[C@H](C(=O)O)C(C)C)OCC1(C)C. The van der Waals surface area contributed by atoms with Gasteiger partial charge in [-0.1, -0.05) is 39.5 Å². The summed E-state index contributed by atoms with van der Waals surface area (Å²) in [5.41, 5.74) is -0.791. The van der Waals surface area contributed by atoms with E-state index in [2.05, 4.69) is 15.7 Å². The van der Waals surface area contributed by atoms with Crippen LogP contribution < -0.4 is 15.7 Å². The van der Waals surface area contributed by atoms with Gasteiger partial charge in [0, 0.05) is 37.6 Å². The van der Waals surface area contributed by atoms with Crippen LogP contribution in [0.5, 0.6) is 0 Å². The Balaban J connectivity index is 2.61. The lowest BCUT2D eigenvalue weighted by Crippen LogP contribution is -2.53. The summed E-state index contributed by atoms with van der Waals surface area (Å²) in [4.78, 5) is 57.4. The van der Waals surface area contributed by atoms with Gasteiger partial charge < -0.3 is 15.7 Å². The van der Waals surface area contributed by atoms with Gasteiger partial charge >= 0.3 is 14.1 Å². The Morgan fingerprint density at radius 3 is 2.39 bits per heavy atom. The van der Waals surface area contributed by atoms with Crippen LogP contribution in [0.3, 0.4) is 0 Å². The van der Waals surface area contributed by atoms with Crippen LogP contribution in [0.25, 0.3) is 0 Å². The van der Waals surface area contributed by atoms with Crippen molar-refractivity contribution in [2.45, 2.75) is 53.2 Å². The summed E-state index contributed by atoms with van der Waals surface area (Å²) in [5, 5.41) is 17.1. The molecule has 3 atom stereocenters. The summed E-state index contributed by atoms with van der Waals surface area (Å²) in [6.45, 7) is 8.59. The van der Waals surface area contributed by atoms with E-state index in [0.717, 1.165) is 11.8 Å². The van der Waals surface area contributed by atoms with Crippen molar-refractivity contribution < 1.29 is 38.2 Å². The molecule has 1 saturated heterocycles. The number of nitrogens with one attached hydrogen (secondary N) is 3. The van der Waals surface area contributed by atoms with Crippen LogP contribution >= 0.6 is 19.9 Å². The Kier molecular flexibility index (Phi) is 10.8. The number of rotatable bonds is 11. The van der Waals surface area contributed by atoms with Crippen LogP contribution in [0, 0.1) is 11.3 Å². The number of aliphatic carboxylic acids is 1. The van der Waals surface area contributed by atoms with Crippen molar-refractivity contribution in [2.75, 3.05) is 25.4 Å². The quantitative estimate of drug-likeness (QED) is 0.209. The van der Waals surface area contributed by atoms with Gasteiger partial charge in [0.1, 0.15) is 12.6 Å². The van der Waals surface area contributed by atoms with Gasteiger partial charge in [0.25, 0.3) is 5.91 Å². The van der Waals surface area contributed by atoms with Crippen molar-refractivity contribution in [1.29, 1.82) is 0 Å². The second-order valence-electron chi connectivity index (χ2n) is 8.19. The molecule has 0 aromatic carbocycles. The average molecular weight is 483 g/mol. The third-order valence-corrected chi connectivity index (χ3v) is 6.82. The molecule has 0 bridgehead atoms. The Hall–Kier alpha value is -1.30. The minimum atomic E-state index is -3.80. The Morgan fingerprint density at radius 1 is 1.19 bits per heavy atom. The molecular weight excluding hydrogens is 449 g/mol. The molecule has 31 heavy (non-hydrogen) atoms. The zero-order valence-electron chi connectivity index (χ0n) is 18.5. The van der Waals surface area contributed by atoms with E-state index in [-0.39, 0.29) is 36.5 Å². The van der Waals surface area contributed by atoms with Crippen molar-refractivity contribution in [3.63, 3.8) is 0 Å². The second kappa shape index (κ2) is 12.1. The molecule has 1 unspecified atom stereocenters. The zero-order chi connectivity index (χ0) is 23.8. The number of thioether (sulfide) groups is 1. The van der Waals surface area contributed by atoms with Crippen molar-refractivity contribution in [3.05, 3.63) is 0 Å². The van der Waals surface area contributed by atoms with Crippen LogP contribution in [0.2, 0.25) is 0 Å². The van der Waals surface area contributed by atoms with Crippen molar-refractivity contribution in [1.82, 2.24) is 15.7 Å². The van der Waals surface area contributed by atoms with Gasteiger partial charge in [-0.15, -0.1) is 9.61 Å². The Bertz CT molecular complexity index is 678. The zero-order valence-corrected chi connectivity index (χ0v) is 20.2. The summed E-state index contributed by atoms with van der Waals surface area (Å²) in [7, 11) is -3.80.